The molecule has 2 amide bonds. The van der Waals surface area contributed by atoms with Crippen molar-refractivity contribution in [2.75, 3.05) is 17.7 Å². The molecule has 1 aliphatic heterocycles. The van der Waals surface area contributed by atoms with Gasteiger partial charge in [0.05, 0.1) is 30.2 Å². The number of nitro benzene ring substituents is 1. The Balaban J connectivity index is 1.84. The fraction of sp³-hybridized carbons (Fsp3) is 0.125. The molecule has 3 rings (SSSR count). The second-order valence-corrected chi connectivity index (χ2v) is 5.19. The highest BCUT2D eigenvalue weighted by Crippen LogP contribution is 2.30. The first-order valence-electron chi connectivity index (χ1n) is 7.04. The van der Waals surface area contributed by atoms with Gasteiger partial charge in [-0.1, -0.05) is 0 Å². The van der Waals surface area contributed by atoms with Crippen LogP contribution in [0, 0.1) is 10.1 Å². The maximum atomic E-state index is 12.4. The zero-order chi connectivity index (χ0) is 17.3. The number of amides is 2. The molecule has 2 aromatic carbocycles. The summed E-state index contributed by atoms with van der Waals surface area (Å²) >= 11 is 0. The van der Waals surface area contributed by atoms with E-state index in [1.54, 1.807) is 18.2 Å². The third-order valence-corrected chi connectivity index (χ3v) is 3.64. The molecule has 8 heteroatoms. The number of rotatable bonds is 4. The summed E-state index contributed by atoms with van der Waals surface area (Å²) in [6.45, 7) is 0. The van der Waals surface area contributed by atoms with E-state index in [4.69, 9.17) is 4.74 Å². The van der Waals surface area contributed by atoms with Gasteiger partial charge in [-0.2, -0.15) is 0 Å². The molecule has 122 valence electrons. The van der Waals surface area contributed by atoms with Gasteiger partial charge in [0.1, 0.15) is 5.75 Å². The molecule has 0 aromatic heterocycles. The third kappa shape index (κ3) is 2.89. The number of nitrogens with zero attached hydrogens (tertiary/aromatic N) is 1. The fourth-order valence-electron chi connectivity index (χ4n) is 2.46. The highest BCUT2D eigenvalue weighted by Gasteiger charge is 2.20. The number of nitrogens with one attached hydrogen (secondary N) is 2. The summed E-state index contributed by atoms with van der Waals surface area (Å²) < 4.78 is 5.09. The maximum Gasteiger partial charge on any atom is 0.273 e. The number of non-ortho nitro benzene ring substituents is 1. The van der Waals surface area contributed by atoms with Gasteiger partial charge < -0.3 is 15.4 Å². The van der Waals surface area contributed by atoms with Crippen LogP contribution >= 0.6 is 0 Å². The smallest absolute Gasteiger partial charge is 0.273 e. The first-order chi connectivity index (χ1) is 11.5. The van der Waals surface area contributed by atoms with Crippen molar-refractivity contribution in [3.05, 3.63) is 57.6 Å². The molecular weight excluding hydrogens is 314 g/mol. The zero-order valence-corrected chi connectivity index (χ0v) is 12.7. The van der Waals surface area contributed by atoms with E-state index in [1.807, 2.05) is 0 Å². The predicted octanol–water partition coefficient (Wildman–Crippen LogP) is 2.35. The number of anilines is 2. The van der Waals surface area contributed by atoms with Crippen molar-refractivity contribution in [2.24, 2.45) is 0 Å². The van der Waals surface area contributed by atoms with Crippen LogP contribution in [-0.4, -0.2) is 23.8 Å². The first kappa shape index (κ1) is 15.5. The zero-order valence-electron chi connectivity index (χ0n) is 12.7. The quantitative estimate of drug-likeness (QED) is 0.661. The minimum absolute atomic E-state index is 0.111. The van der Waals surface area contributed by atoms with E-state index in [0.29, 0.717) is 16.9 Å². The minimum Gasteiger partial charge on any atom is -0.494 e. The predicted molar refractivity (Wildman–Crippen MR) is 86.4 cm³/mol. The summed E-state index contributed by atoms with van der Waals surface area (Å²) in [5, 5.41) is 16.1. The van der Waals surface area contributed by atoms with Gasteiger partial charge in [-0.3, -0.25) is 19.7 Å². The van der Waals surface area contributed by atoms with Crippen molar-refractivity contribution in [3.8, 4) is 5.75 Å². The van der Waals surface area contributed by atoms with Gasteiger partial charge in [0.15, 0.2) is 0 Å². The molecule has 24 heavy (non-hydrogen) atoms. The number of methoxy groups -OCH3 is 1. The summed E-state index contributed by atoms with van der Waals surface area (Å²) in [6.07, 6.45) is 0.233. The van der Waals surface area contributed by atoms with Gasteiger partial charge in [-0.25, -0.2) is 0 Å². The van der Waals surface area contributed by atoms with E-state index in [1.165, 1.54) is 25.3 Å². The first-order valence-corrected chi connectivity index (χ1v) is 7.04. The molecule has 0 atom stereocenters. The van der Waals surface area contributed by atoms with E-state index in [9.17, 15) is 19.7 Å². The number of benzene rings is 2. The SMILES string of the molecule is COc1cc([N+](=O)[O-])ccc1NC(=O)c1ccc2c(c1)CC(=O)N2. The molecule has 1 heterocycles. The number of ether oxygens (including phenoxy) is 1. The van der Waals surface area contributed by atoms with Crippen LogP contribution in [0.3, 0.4) is 0 Å². The lowest BCUT2D eigenvalue weighted by Gasteiger charge is -2.10. The standard InChI is InChI=1S/C16H13N3O5/c1-24-14-8-11(19(22)23)3-5-13(14)18-16(21)9-2-4-12-10(6-9)7-15(20)17-12/h2-6,8H,7H2,1H3,(H,17,20)(H,18,21). The Morgan fingerprint density at radius 3 is 2.79 bits per heavy atom. The summed E-state index contributed by atoms with van der Waals surface area (Å²) in [5.74, 6) is -0.320. The van der Waals surface area contributed by atoms with Gasteiger partial charge in [0.25, 0.3) is 11.6 Å². The highest BCUT2D eigenvalue weighted by molar-refractivity contribution is 6.07. The molecule has 0 fully saturated rings. The Bertz CT molecular complexity index is 863. The van der Waals surface area contributed by atoms with Crippen molar-refractivity contribution < 1.29 is 19.2 Å². The van der Waals surface area contributed by atoms with Crippen molar-refractivity contribution >= 4 is 28.9 Å². The van der Waals surface area contributed by atoms with Crippen LogP contribution in [0.2, 0.25) is 0 Å². The summed E-state index contributed by atoms with van der Waals surface area (Å²) in [6, 6.07) is 8.83. The maximum absolute atomic E-state index is 12.4. The van der Waals surface area contributed by atoms with Gasteiger partial charge in [0, 0.05) is 17.3 Å². The number of carbonyl (C=O) groups is 2. The number of hydrogen-bond acceptors (Lipinski definition) is 5. The molecule has 0 aliphatic carbocycles. The fourth-order valence-corrected chi connectivity index (χ4v) is 2.46. The normalized spacial score (nSPS) is 12.3. The van der Waals surface area contributed by atoms with Crippen molar-refractivity contribution in [2.45, 2.75) is 6.42 Å². The Hall–Kier alpha value is -3.42. The summed E-state index contributed by atoms with van der Waals surface area (Å²) in [7, 11) is 1.36. The molecule has 1 aliphatic rings. The number of fused-ring (bicyclic) bond motifs is 1. The monoisotopic (exact) mass is 327 g/mol. The molecule has 0 saturated heterocycles. The van der Waals surface area contributed by atoms with Crippen molar-refractivity contribution in [1.29, 1.82) is 0 Å². The molecule has 0 unspecified atom stereocenters. The Morgan fingerprint density at radius 2 is 2.08 bits per heavy atom. The van der Waals surface area contributed by atoms with E-state index in [2.05, 4.69) is 10.6 Å². The summed E-state index contributed by atoms with van der Waals surface area (Å²) in [5.41, 5.74) is 2.02. The molecule has 2 aromatic rings. The number of hydrogen-bond donors (Lipinski definition) is 2. The van der Waals surface area contributed by atoms with E-state index < -0.39 is 10.8 Å². The lowest BCUT2D eigenvalue weighted by Crippen LogP contribution is -2.13. The van der Waals surface area contributed by atoms with Crippen LogP contribution in [0.1, 0.15) is 15.9 Å². The molecule has 2 N–H and O–H groups in total. The number of carbonyl (C=O) groups excluding carboxylic acids is 2. The molecular formula is C16H13N3O5. The van der Waals surface area contributed by atoms with Crippen molar-refractivity contribution in [3.63, 3.8) is 0 Å². The lowest BCUT2D eigenvalue weighted by molar-refractivity contribution is -0.384. The summed E-state index contributed by atoms with van der Waals surface area (Å²) in [4.78, 5) is 34.0. The molecule has 0 radical (unpaired) electrons. The van der Waals surface area contributed by atoms with E-state index in [0.717, 1.165) is 5.56 Å². The Kier molecular flexibility index (Phi) is 3.87. The number of nitro groups is 1. The van der Waals surface area contributed by atoms with E-state index >= 15 is 0 Å². The second-order valence-electron chi connectivity index (χ2n) is 5.19. The van der Waals surface area contributed by atoms with Gasteiger partial charge in [0.2, 0.25) is 5.91 Å². The van der Waals surface area contributed by atoms with Crippen LogP contribution in [0.5, 0.6) is 5.75 Å². The van der Waals surface area contributed by atoms with Gasteiger partial charge in [-0.15, -0.1) is 0 Å². The lowest BCUT2D eigenvalue weighted by atomic mass is 10.1. The van der Waals surface area contributed by atoms with Crippen molar-refractivity contribution in [1.82, 2.24) is 0 Å². The van der Waals surface area contributed by atoms with E-state index in [-0.39, 0.29) is 23.8 Å². The van der Waals surface area contributed by atoms with Crippen LogP contribution in [0.15, 0.2) is 36.4 Å². The molecule has 0 spiro atoms. The van der Waals surface area contributed by atoms with Crippen LogP contribution in [0.25, 0.3) is 0 Å². The molecule has 0 saturated carbocycles. The second kappa shape index (κ2) is 5.99. The van der Waals surface area contributed by atoms with Crippen LogP contribution in [-0.2, 0) is 11.2 Å². The highest BCUT2D eigenvalue weighted by atomic mass is 16.6. The van der Waals surface area contributed by atoms with Gasteiger partial charge in [-0.05, 0) is 29.8 Å². The Morgan fingerprint density at radius 1 is 1.29 bits per heavy atom. The average Bonchev–Trinajstić information content (AvgIpc) is 2.93. The van der Waals surface area contributed by atoms with Crippen LogP contribution < -0.4 is 15.4 Å². The topological polar surface area (TPSA) is 111 Å². The largest absolute Gasteiger partial charge is 0.494 e. The van der Waals surface area contributed by atoms with Crippen LogP contribution in [0.4, 0.5) is 17.1 Å². The van der Waals surface area contributed by atoms with Gasteiger partial charge >= 0.3 is 0 Å². The minimum atomic E-state index is -0.543. The Labute approximate surface area is 136 Å². The average molecular weight is 327 g/mol. The third-order valence-electron chi connectivity index (χ3n) is 3.64. The molecule has 8 nitrogen and oxygen atoms in total. The molecule has 0 bridgehead atoms.